The van der Waals surface area contributed by atoms with Gasteiger partial charge in [0, 0.05) is 4.47 Å². The average molecular weight is 272 g/mol. The van der Waals surface area contributed by atoms with Crippen molar-refractivity contribution >= 4 is 21.9 Å². The van der Waals surface area contributed by atoms with Gasteiger partial charge in [0.15, 0.2) is 0 Å². The zero-order chi connectivity index (χ0) is 11.3. The fraction of sp³-hybridized carbons (Fsp3) is 0.364. The van der Waals surface area contributed by atoms with Crippen molar-refractivity contribution in [3.8, 4) is 0 Å². The van der Waals surface area contributed by atoms with Crippen LogP contribution in [0.5, 0.6) is 0 Å². The van der Waals surface area contributed by atoms with E-state index in [1.54, 1.807) is 0 Å². The lowest BCUT2D eigenvalue weighted by Gasteiger charge is -2.09. The number of carbonyl (C=O) groups excluding carboxylic acids is 1. The maximum absolute atomic E-state index is 11.3. The summed E-state index contributed by atoms with van der Waals surface area (Å²) in [6.07, 6.45) is 0.596. The fourth-order valence-electron chi connectivity index (χ4n) is 1.01. The number of rotatable bonds is 4. The van der Waals surface area contributed by atoms with Gasteiger partial charge in [0.05, 0.1) is 0 Å². The highest BCUT2D eigenvalue weighted by atomic mass is 79.9. The van der Waals surface area contributed by atoms with Crippen LogP contribution in [0.25, 0.3) is 0 Å². The smallest absolute Gasteiger partial charge is 0.323 e. The van der Waals surface area contributed by atoms with Gasteiger partial charge in [-0.25, -0.2) is 0 Å². The molecule has 0 fully saturated rings. The maximum Gasteiger partial charge on any atom is 0.323 e. The summed E-state index contributed by atoms with van der Waals surface area (Å²) in [5.74, 6) is -0.347. The SMILES string of the molecule is CC[C@H](N)C(=O)OCc1ccc(Br)cc1. The Balaban J connectivity index is 2.43. The lowest BCUT2D eigenvalue weighted by atomic mass is 10.2. The van der Waals surface area contributed by atoms with Gasteiger partial charge in [0.2, 0.25) is 0 Å². The van der Waals surface area contributed by atoms with Gasteiger partial charge in [-0.1, -0.05) is 35.0 Å². The lowest BCUT2D eigenvalue weighted by molar-refractivity contribution is -0.146. The lowest BCUT2D eigenvalue weighted by Crippen LogP contribution is -2.31. The standard InChI is InChI=1S/C11H14BrNO2/c1-2-10(13)11(14)15-7-8-3-5-9(12)6-4-8/h3-6,10H,2,7,13H2,1H3/t10-/m0/s1. The Bertz CT molecular complexity index is 324. The summed E-state index contributed by atoms with van der Waals surface area (Å²) >= 11 is 3.33. The zero-order valence-corrected chi connectivity index (χ0v) is 10.2. The zero-order valence-electron chi connectivity index (χ0n) is 8.57. The number of esters is 1. The number of hydrogen-bond donors (Lipinski definition) is 1. The molecule has 0 radical (unpaired) electrons. The molecule has 15 heavy (non-hydrogen) atoms. The molecule has 0 saturated carbocycles. The molecule has 1 rings (SSSR count). The van der Waals surface area contributed by atoms with Crippen molar-refractivity contribution in [3.63, 3.8) is 0 Å². The molecule has 0 amide bonds. The second-order valence-electron chi connectivity index (χ2n) is 3.25. The number of hydrogen-bond acceptors (Lipinski definition) is 3. The molecule has 1 aromatic carbocycles. The summed E-state index contributed by atoms with van der Waals surface area (Å²) in [5.41, 5.74) is 6.48. The first-order valence-electron chi connectivity index (χ1n) is 4.80. The van der Waals surface area contributed by atoms with Gasteiger partial charge in [-0.15, -0.1) is 0 Å². The number of halogens is 1. The van der Waals surface area contributed by atoms with E-state index in [1.165, 1.54) is 0 Å². The summed E-state index contributed by atoms with van der Waals surface area (Å²) in [7, 11) is 0. The van der Waals surface area contributed by atoms with Crippen LogP contribution in [-0.4, -0.2) is 12.0 Å². The van der Waals surface area contributed by atoms with E-state index >= 15 is 0 Å². The van der Waals surface area contributed by atoms with Gasteiger partial charge >= 0.3 is 5.97 Å². The first kappa shape index (κ1) is 12.2. The summed E-state index contributed by atoms with van der Waals surface area (Å²) in [5, 5.41) is 0. The average Bonchev–Trinajstić information content (AvgIpc) is 2.26. The molecule has 4 heteroatoms. The Kier molecular flexibility index (Phi) is 4.78. The highest BCUT2D eigenvalue weighted by Gasteiger charge is 2.11. The van der Waals surface area contributed by atoms with E-state index < -0.39 is 6.04 Å². The third-order valence-electron chi connectivity index (χ3n) is 2.04. The van der Waals surface area contributed by atoms with Gasteiger partial charge in [-0.2, -0.15) is 0 Å². The van der Waals surface area contributed by atoms with E-state index in [1.807, 2.05) is 31.2 Å². The first-order chi connectivity index (χ1) is 7.13. The fourth-order valence-corrected chi connectivity index (χ4v) is 1.27. The van der Waals surface area contributed by atoms with Gasteiger partial charge in [0.1, 0.15) is 12.6 Å². The van der Waals surface area contributed by atoms with Crippen LogP contribution >= 0.6 is 15.9 Å². The van der Waals surface area contributed by atoms with Gasteiger partial charge in [-0.3, -0.25) is 4.79 Å². The predicted molar refractivity (Wildman–Crippen MR) is 62.2 cm³/mol. The predicted octanol–water partition coefficient (Wildman–Crippen LogP) is 2.23. The number of ether oxygens (including phenoxy) is 1. The van der Waals surface area contributed by atoms with Crippen LogP contribution in [0.4, 0.5) is 0 Å². The van der Waals surface area contributed by atoms with Crippen molar-refractivity contribution in [3.05, 3.63) is 34.3 Å². The van der Waals surface area contributed by atoms with Gasteiger partial charge in [0.25, 0.3) is 0 Å². The van der Waals surface area contributed by atoms with E-state index in [0.29, 0.717) is 6.42 Å². The van der Waals surface area contributed by atoms with Crippen molar-refractivity contribution in [2.24, 2.45) is 5.73 Å². The molecule has 0 aliphatic rings. The minimum absolute atomic E-state index is 0.278. The van der Waals surface area contributed by atoms with E-state index in [4.69, 9.17) is 10.5 Å². The Morgan fingerprint density at radius 1 is 1.47 bits per heavy atom. The number of benzene rings is 1. The number of nitrogens with two attached hydrogens (primary N) is 1. The van der Waals surface area contributed by atoms with Crippen molar-refractivity contribution < 1.29 is 9.53 Å². The van der Waals surface area contributed by atoms with Crippen LogP contribution in [0.2, 0.25) is 0 Å². The Morgan fingerprint density at radius 3 is 2.60 bits per heavy atom. The molecule has 1 aromatic rings. The van der Waals surface area contributed by atoms with Crippen molar-refractivity contribution in [1.82, 2.24) is 0 Å². The largest absolute Gasteiger partial charge is 0.460 e. The molecule has 1 atom stereocenters. The Morgan fingerprint density at radius 2 is 2.07 bits per heavy atom. The summed E-state index contributed by atoms with van der Waals surface area (Å²) < 4.78 is 6.04. The molecule has 0 spiro atoms. The van der Waals surface area contributed by atoms with Crippen LogP contribution in [-0.2, 0) is 16.1 Å². The first-order valence-corrected chi connectivity index (χ1v) is 5.59. The van der Waals surface area contributed by atoms with Crippen LogP contribution in [0, 0.1) is 0 Å². The van der Waals surface area contributed by atoms with Crippen molar-refractivity contribution in [2.75, 3.05) is 0 Å². The maximum atomic E-state index is 11.3. The molecular formula is C11H14BrNO2. The molecule has 3 nitrogen and oxygen atoms in total. The monoisotopic (exact) mass is 271 g/mol. The number of carbonyl (C=O) groups is 1. The van der Waals surface area contributed by atoms with Crippen LogP contribution in [0.15, 0.2) is 28.7 Å². The summed E-state index contributed by atoms with van der Waals surface area (Å²) in [4.78, 5) is 11.3. The molecule has 0 aliphatic heterocycles. The van der Waals surface area contributed by atoms with Crippen molar-refractivity contribution in [1.29, 1.82) is 0 Å². The van der Waals surface area contributed by atoms with Gasteiger partial charge < -0.3 is 10.5 Å². The minimum atomic E-state index is -0.513. The Labute approximate surface area is 97.7 Å². The van der Waals surface area contributed by atoms with Crippen LogP contribution < -0.4 is 5.73 Å². The summed E-state index contributed by atoms with van der Waals surface area (Å²) in [6, 6.07) is 7.09. The van der Waals surface area contributed by atoms with Crippen LogP contribution in [0.3, 0.4) is 0 Å². The van der Waals surface area contributed by atoms with E-state index in [-0.39, 0.29) is 12.6 Å². The minimum Gasteiger partial charge on any atom is -0.460 e. The molecule has 0 aromatic heterocycles. The highest BCUT2D eigenvalue weighted by molar-refractivity contribution is 9.10. The molecule has 0 saturated heterocycles. The normalized spacial score (nSPS) is 12.2. The second kappa shape index (κ2) is 5.88. The summed E-state index contributed by atoms with van der Waals surface area (Å²) in [6.45, 7) is 2.13. The molecular weight excluding hydrogens is 258 g/mol. The van der Waals surface area contributed by atoms with E-state index in [2.05, 4.69) is 15.9 Å². The molecule has 2 N–H and O–H groups in total. The van der Waals surface area contributed by atoms with Crippen LogP contribution in [0.1, 0.15) is 18.9 Å². The van der Waals surface area contributed by atoms with E-state index in [0.717, 1.165) is 10.0 Å². The van der Waals surface area contributed by atoms with E-state index in [9.17, 15) is 4.79 Å². The highest BCUT2D eigenvalue weighted by Crippen LogP contribution is 2.11. The Hall–Kier alpha value is -0.870. The second-order valence-corrected chi connectivity index (χ2v) is 4.16. The third kappa shape index (κ3) is 4.01. The molecule has 82 valence electrons. The third-order valence-corrected chi connectivity index (χ3v) is 2.57. The topological polar surface area (TPSA) is 52.3 Å². The molecule has 0 heterocycles. The molecule has 0 unspecified atom stereocenters. The van der Waals surface area contributed by atoms with Gasteiger partial charge in [-0.05, 0) is 24.1 Å². The van der Waals surface area contributed by atoms with Crippen molar-refractivity contribution in [2.45, 2.75) is 26.0 Å². The molecule has 0 aliphatic carbocycles. The molecule has 0 bridgehead atoms. The quantitative estimate of drug-likeness (QED) is 0.855.